The molecule has 0 heterocycles. The van der Waals surface area contributed by atoms with E-state index in [9.17, 15) is 0 Å². The van der Waals surface area contributed by atoms with E-state index in [4.69, 9.17) is 0 Å². The van der Waals surface area contributed by atoms with Crippen molar-refractivity contribution in [2.75, 3.05) is 0 Å². The third kappa shape index (κ3) is 1.34. The molecule has 0 nitrogen and oxygen atoms in total. The topological polar surface area (TPSA) is 0 Å². The Labute approximate surface area is 75.8 Å². The van der Waals surface area contributed by atoms with Crippen molar-refractivity contribution in [1.82, 2.24) is 0 Å². The molecule has 1 fully saturated rings. The summed E-state index contributed by atoms with van der Waals surface area (Å²) in [5, 5.41) is 0. The van der Waals surface area contributed by atoms with Crippen molar-refractivity contribution in [3.8, 4) is 0 Å². The largest absolute Gasteiger partial charge is 0.0849 e. The Hall–Kier alpha value is -0.300. The Morgan fingerprint density at radius 2 is 1.91 bits per heavy atom. The minimum Gasteiger partial charge on any atom is -0.0849 e. The van der Waals surface area contributed by atoms with Gasteiger partial charge >= 0.3 is 0 Å². The molecule has 1 aromatic rings. The first-order chi connectivity index (χ1) is 5.20. The number of hydrogen-bond donors (Lipinski definition) is 0. The Kier molecular flexibility index (Phi) is 1.57. The monoisotopic (exact) mass is 210 g/mol. The first kappa shape index (κ1) is 7.35. The van der Waals surface area contributed by atoms with E-state index < -0.39 is 0 Å². The molecule has 0 aromatic heterocycles. The fourth-order valence-electron chi connectivity index (χ4n) is 1.49. The predicted molar refractivity (Wildman–Crippen MR) is 51.1 cm³/mol. The zero-order chi connectivity index (χ0) is 7.90. The molecule has 58 valence electrons. The third-order valence-electron chi connectivity index (χ3n) is 2.37. The summed E-state index contributed by atoms with van der Waals surface area (Å²) < 4.78 is 0.383. The van der Waals surface area contributed by atoms with Gasteiger partial charge < -0.3 is 0 Å². The summed E-state index contributed by atoms with van der Waals surface area (Å²) >= 11 is 3.69. The normalized spacial score (nSPS) is 35.3. The predicted octanol–water partition coefficient (Wildman–Crippen LogP) is 3.33. The van der Waals surface area contributed by atoms with Crippen molar-refractivity contribution in [1.29, 1.82) is 0 Å². The van der Waals surface area contributed by atoms with Crippen LogP contribution in [0.3, 0.4) is 0 Å². The van der Waals surface area contributed by atoms with Gasteiger partial charge in [-0.05, 0) is 18.9 Å². The van der Waals surface area contributed by atoms with Crippen molar-refractivity contribution >= 4 is 15.9 Å². The van der Waals surface area contributed by atoms with Crippen LogP contribution in [0.25, 0.3) is 0 Å². The highest BCUT2D eigenvalue weighted by molar-refractivity contribution is 9.10. The average Bonchev–Trinajstić information content (AvgIpc) is 2.62. The second kappa shape index (κ2) is 2.34. The lowest BCUT2D eigenvalue weighted by atomic mass is 10.1. The van der Waals surface area contributed by atoms with Gasteiger partial charge in [-0.25, -0.2) is 0 Å². The van der Waals surface area contributed by atoms with E-state index in [-0.39, 0.29) is 0 Å². The summed E-state index contributed by atoms with van der Waals surface area (Å²) in [6.07, 6.45) is 1.27. The summed E-state index contributed by atoms with van der Waals surface area (Å²) in [6, 6.07) is 10.7. The molecule has 0 radical (unpaired) electrons. The van der Waals surface area contributed by atoms with Crippen molar-refractivity contribution in [3.05, 3.63) is 35.9 Å². The number of rotatable bonds is 1. The van der Waals surface area contributed by atoms with Crippen LogP contribution < -0.4 is 0 Å². The van der Waals surface area contributed by atoms with Crippen LogP contribution in [0.2, 0.25) is 0 Å². The second-order valence-electron chi connectivity index (χ2n) is 3.45. The fraction of sp³-hybridized carbons (Fsp3) is 0.400. The summed E-state index contributed by atoms with van der Waals surface area (Å²) in [5.74, 6) is 0.740. The van der Waals surface area contributed by atoms with Gasteiger partial charge in [0.1, 0.15) is 0 Å². The molecule has 1 aliphatic carbocycles. The van der Waals surface area contributed by atoms with Gasteiger partial charge in [0.25, 0.3) is 0 Å². The Bertz CT molecular complexity index is 251. The quantitative estimate of drug-likeness (QED) is 0.625. The minimum absolute atomic E-state index is 0.383. The highest BCUT2D eigenvalue weighted by atomic mass is 79.9. The van der Waals surface area contributed by atoms with Gasteiger partial charge in [0, 0.05) is 10.2 Å². The highest BCUT2D eigenvalue weighted by Gasteiger charge is 2.48. The molecule has 1 aliphatic rings. The summed E-state index contributed by atoms with van der Waals surface area (Å²) in [5.41, 5.74) is 1.46. The van der Waals surface area contributed by atoms with Crippen LogP contribution in [0.1, 0.15) is 24.8 Å². The molecule has 0 bridgehead atoms. The van der Waals surface area contributed by atoms with E-state index in [1.54, 1.807) is 0 Å². The van der Waals surface area contributed by atoms with Gasteiger partial charge in [-0.2, -0.15) is 0 Å². The minimum atomic E-state index is 0.383. The van der Waals surface area contributed by atoms with Gasteiger partial charge in [0.15, 0.2) is 0 Å². The van der Waals surface area contributed by atoms with Gasteiger partial charge in [0.05, 0.1) is 0 Å². The molecule has 0 spiro atoms. The van der Waals surface area contributed by atoms with Crippen molar-refractivity contribution in [2.45, 2.75) is 23.6 Å². The molecule has 1 unspecified atom stereocenters. The van der Waals surface area contributed by atoms with Gasteiger partial charge in [-0.1, -0.05) is 46.3 Å². The molecule has 2 atom stereocenters. The Balaban J connectivity index is 2.21. The molecule has 1 saturated carbocycles. The van der Waals surface area contributed by atoms with Crippen LogP contribution in [-0.2, 0) is 0 Å². The maximum atomic E-state index is 3.69. The molecule has 1 aromatic carbocycles. The fourth-order valence-corrected chi connectivity index (χ4v) is 2.08. The molecule has 1 heteroatoms. The van der Waals surface area contributed by atoms with Crippen LogP contribution in [0.15, 0.2) is 30.3 Å². The number of benzene rings is 1. The van der Waals surface area contributed by atoms with E-state index in [1.807, 2.05) is 0 Å². The second-order valence-corrected chi connectivity index (χ2v) is 5.26. The Morgan fingerprint density at radius 3 is 2.36 bits per heavy atom. The van der Waals surface area contributed by atoms with E-state index in [0.717, 1.165) is 5.92 Å². The molecular weight excluding hydrogens is 200 g/mol. The van der Waals surface area contributed by atoms with Crippen molar-refractivity contribution < 1.29 is 0 Å². The van der Waals surface area contributed by atoms with Crippen molar-refractivity contribution in [3.63, 3.8) is 0 Å². The lowest BCUT2D eigenvalue weighted by Gasteiger charge is -2.00. The van der Waals surface area contributed by atoms with Crippen LogP contribution >= 0.6 is 15.9 Å². The molecule has 2 rings (SSSR count). The SMILES string of the molecule is C[C@@]1(Br)CC1c1ccccc1. The van der Waals surface area contributed by atoms with Gasteiger partial charge in [-0.15, -0.1) is 0 Å². The zero-order valence-electron chi connectivity index (χ0n) is 6.55. The third-order valence-corrected chi connectivity index (χ3v) is 3.25. The van der Waals surface area contributed by atoms with Crippen molar-refractivity contribution in [2.24, 2.45) is 0 Å². The molecule has 11 heavy (non-hydrogen) atoms. The highest BCUT2D eigenvalue weighted by Crippen LogP contribution is 2.57. The van der Waals surface area contributed by atoms with Gasteiger partial charge in [-0.3, -0.25) is 0 Å². The summed E-state index contributed by atoms with van der Waals surface area (Å²) in [4.78, 5) is 0. The molecule has 0 saturated heterocycles. The maximum absolute atomic E-state index is 3.69. The first-order valence-corrected chi connectivity index (χ1v) is 4.73. The Morgan fingerprint density at radius 1 is 1.36 bits per heavy atom. The standard InChI is InChI=1S/C10H11Br/c1-10(11)7-9(10)8-5-3-2-4-6-8/h2-6,9H,7H2,1H3/t9?,10-/m1/s1. The molecule has 0 amide bonds. The smallest absolute Gasteiger partial charge is 0.0305 e. The van der Waals surface area contributed by atoms with Crippen LogP contribution in [0.5, 0.6) is 0 Å². The summed E-state index contributed by atoms with van der Waals surface area (Å²) in [6.45, 7) is 2.25. The van der Waals surface area contributed by atoms with E-state index in [1.165, 1.54) is 12.0 Å². The number of hydrogen-bond acceptors (Lipinski definition) is 0. The van der Waals surface area contributed by atoms with E-state index in [2.05, 4.69) is 53.2 Å². The van der Waals surface area contributed by atoms with Crippen LogP contribution in [0, 0.1) is 0 Å². The lowest BCUT2D eigenvalue weighted by molar-refractivity contribution is 0.990. The molecular formula is C10H11Br. The van der Waals surface area contributed by atoms with Crippen LogP contribution in [-0.4, -0.2) is 4.32 Å². The summed E-state index contributed by atoms with van der Waals surface area (Å²) in [7, 11) is 0. The lowest BCUT2D eigenvalue weighted by Crippen LogP contribution is -1.91. The molecule has 0 N–H and O–H groups in total. The van der Waals surface area contributed by atoms with E-state index >= 15 is 0 Å². The molecule has 0 aliphatic heterocycles. The number of halogens is 1. The maximum Gasteiger partial charge on any atom is 0.0305 e. The van der Waals surface area contributed by atoms with Crippen LogP contribution in [0.4, 0.5) is 0 Å². The number of alkyl halides is 1. The average molecular weight is 211 g/mol. The zero-order valence-corrected chi connectivity index (χ0v) is 8.14. The first-order valence-electron chi connectivity index (χ1n) is 3.94. The van der Waals surface area contributed by atoms with E-state index in [0.29, 0.717) is 4.32 Å². The van der Waals surface area contributed by atoms with Gasteiger partial charge in [0.2, 0.25) is 0 Å².